The number of carbonyl (C=O) groups excluding carboxylic acids is 2. The highest BCUT2D eigenvalue weighted by Crippen LogP contribution is 2.43. The minimum absolute atomic E-state index is 0.0364. The first-order valence-electron chi connectivity index (χ1n) is 4.85. The van der Waals surface area contributed by atoms with Crippen LogP contribution < -0.4 is 0 Å². The van der Waals surface area contributed by atoms with Gasteiger partial charge in [0.15, 0.2) is 0 Å². The number of esters is 1. The van der Waals surface area contributed by atoms with Gasteiger partial charge in [0.25, 0.3) is 0 Å². The van der Waals surface area contributed by atoms with E-state index in [9.17, 15) is 9.59 Å². The van der Waals surface area contributed by atoms with Gasteiger partial charge in [-0.05, 0) is 8.69 Å². The first-order valence-corrected chi connectivity index (χ1v) is 6.51. The molecule has 2 rings (SSSR count). The Labute approximate surface area is 93.1 Å². The van der Waals surface area contributed by atoms with E-state index in [0.29, 0.717) is 12.8 Å². The second-order valence-electron chi connectivity index (χ2n) is 3.79. The van der Waals surface area contributed by atoms with Crippen molar-refractivity contribution in [2.45, 2.75) is 25.0 Å². The molecule has 0 spiro atoms. The Hall–Kier alpha value is 0.0249. The van der Waals surface area contributed by atoms with Gasteiger partial charge in [0, 0.05) is 18.3 Å². The molecule has 1 aliphatic carbocycles. The van der Waals surface area contributed by atoms with Crippen LogP contribution in [0, 0.1) is 11.8 Å². The van der Waals surface area contributed by atoms with Gasteiger partial charge in [-0.2, -0.15) is 9.12 Å². The van der Waals surface area contributed by atoms with Crippen LogP contribution in [0.2, 0.25) is 0 Å². The lowest BCUT2D eigenvalue weighted by Crippen LogP contribution is -2.22. The van der Waals surface area contributed by atoms with Crippen molar-refractivity contribution >= 4 is 36.8 Å². The Morgan fingerprint density at radius 3 is 3.13 bits per heavy atom. The molecule has 0 aromatic heterocycles. The van der Waals surface area contributed by atoms with Gasteiger partial charge in [-0.25, -0.2) is 0 Å². The summed E-state index contributed by atoms with van der Waals surface area (Å²) in [4.78, 5) is 22.0. The van der Waals surface area contributed by atoms with E-state index in [-0.39, 0.29) is 38.7 Å². The number of ether oxygens (including phenoxy) is 1. The SMILES string of the molecule is O=C[C@@H]1[C@H]2CC(=O)O[C@H]2C[C@H]1OP[B]P. The Morgan fingerprint density at radius 1 is 1.67 bits per heavy atom. The highest BCUT2D eigenvalue weighted by atomic mass is 31.1. The van der Waals surface area contributed by atoms with Crippen molar-refractivity contribution in [3.8, 4) is 0 Å². The molecular weight excluding hydrogens is 233 g/mol. The van der Waals surface area contributed by atoms with Crippen molar-refractivity contribution in [2.75, 3.05) is 0 Å². The quantitative estimate of drug-likeness (QED) is 0.313. The van der Waals surface area contributed by atoms with Crippen molar-refractivity contribution in [3.05, 3.63) is 0 Å². The molecule has 0 aromatic carbocycles. The number of aldehydes is 1. The molecule has 2 aliphatic rings. The fourth-order valence-corrected chi connectivity index (χ4v) is 3.08. The molecule has 1 radical (unpaired) electrons. The summed E-state index contributed by atoms with van der Waals surface area (Å²) in [6.45, 7) is 1.85. The van der Waals surface area contributed by atoms with Gasteiger partial charge in [-0.15, -0.1) is 0 Å². The summed E-state index contributed by atoms with van der Waals surface area (Å²) in [5.41, 5.74) is 0. The van der Waals surface area contributed by atoms with Gasteiger partial charge in [-0.3, -0.25) is 4.79 Å². The van der Waals surface area contributed by atoms with Crippen LogP contribution in [0.3, 0.4) is 0 Å². The average Bonchev–Trinajstić information content (AvgIpc) is 2.70. The normalized spacial score (nSPS) is 39.4. The van der Waals surface area contributed by atoms with E-state index >= 15 is 0 Å². The van der Waals surface area contributed by atoms with Crippen LogP contribution in [-0.2, 0) is 18.8 Å². The van der Waals surface area contributed by atoms with Gasteiger partial charge >= 0.3 is 5.97 Å². The number of hydrogen-bond acceptors (Lipinski definition) is 4. The second kappa shape index (κ2) is 4.90. The van der Waals surface area contributed by atoms with E-state index in [1.807, 2.05) is 6.72 Å². The van der Waals surface area contributed by atoms with Crippen LogP contribution in [0.25, 0.3) is 0 Å². The van der Waals surface area contributed by atoms with Gasteiger partial charge in [0.05, 0.1) is 12.5 Å². The lowest BCUT2D eigenvalue weighted by Gasteiger charge is -2.16. The molecule has 4 nitrogen and oxygen atoms in total. The van der Waals surface area contributed by atoms with Crippen LogP contribution >= 0.6 is 17.8 Å². The average molecular weight is 245 g/mol. The number of carbonyl (C=O) groups is 2. The predicted octanol–water partition coefficient (Wildman–Crippen LogP) is 0.525. The smallest absolute Gasteiger partial charge is 0.306 e. The summed E-state index contributed by atoms with van der Waals surface area (Å²) in [6.07, 6.45) is 1.74. The molecule has 1 saturated carbocycles. The highest BCUT2D eigenvalue weighted by molar-refractivity contribution is 7.92. The minimum atomic E-state index is -0.185. The number of rotatable bonds is 4. The van der Waals surface area contributed by atoms with Crippen LogP contribution in [0.1, 0.15) is 12.8 Å². The summed E-state index contributed by atoms with van der Waals surface area (Å²) >= 11 is 0. The number of hydrogen-bond donors (Lipinski definition) is 0. The summed E-state index contributed by atoms with van der Waals surface area (Å²) in [6, 6.07) is 0. The molecule has 0 bridgehead atoms. The molecule has 0 N–H and O–H groups in total. The maximum Gasteiger partial charge on any atom is 0.306 e. The van der Waals surface area contributed by atoms with Crippen molar-refractivity contribution < 1.29 is 18.8 Å². The van der Waals surface area contributed by atoms with Gasteiger partial charge < -0.3 is 14.1 Å². The third kappa shape index (κ3) is 2.25. The third-order valence-electron chi connectivity index (χ3n) is 3.00. The topological polar surface area (TPSA) is 52.6 Å². The third-order valence-corrected chi connectivity index (χ3v) is 3.98. The molecule has 1 aliphatic heterocycles. The zero-order valence-electron chi connectivity index (χ0n) is 8.09. The van der Waals surface area contributed by atoms with E-state index in [1.165, 1.54) is 0 Å². The van der Waals surface area contributed by atoms with Crippen molar-refractivity contribution in [1.82, 2.24) is 0 Å². The molecule has 81 valence electrons. The fourth-order valence-electron chi connectivity index (χ4n) is 2.34. The Bertz CT molecular complexity index is 275. The summed E-state index contributed by atoms with van der Waals surface area (Å²) in [5.74, 6) is -0.330. The minimum Gasteiger partial charge on any atom is -0.462 e. The maximum absolute atomic E-state index is 11.1. The standard InChI is InChI=1S/C8H12BO4P2/c10-3-5-4-1-8(11)12-6(4)2-7(5)13-15-9-14/h3-7,15H,1-2,14H2/t4-,5-,6+,7-/m1/s1. The van der Waals surface area contributed by atoms with Crippen LogP contribution in [0.5, 0.6) is 0 Å². The Balaban J connectivity index is 2.00. The molecule has 1 saturated heterocycles. The second-order valence-corrected chi connectivity index (χ2v) is 5.59. The van der Waals surface area contributed by atoms with E-state index in [0.717, 1.165) is 6.29 Å². The molecule has 0 aromatic rings. The Kier molecular flexibility index (Phi) is 3.76. The molecule has 7 heteroatoms. The van der Waals surface area contributed by atoms with Crippen molar-refractivity contribution in [1.29, 1.82) is 0 Å². The van der Waals surface area contributed by atoms with Crippen LogP contribution in [-0.4, -0.2) is 31.2 Å². The van der Waals surface area contributed by atoms with Gasteiger partial charge in [0.1, 0.15) is 12.4 Å². The van der Waals surface area contributed by atoms with Gasteiger partial charge in [-0.1, -0.05) is 0 Å². The molecule has 2 unspecified atom stereocenters. The molecular formula is C8H12BO4P2. The first kappa shape index (κ1) is 11.5. The van der Waals surface area contributed by atoms with Crippen molar-refractivity contribution in [3.63, 3.8) is 0 Å². The molecule has 2 fully saturated rings. The molecule has 0 amide bonds. The zero-order valence-corrected chi connectivity index (χ0v) is 10.2. The van der Waals surface area contributed by atoms with Crippen LogP contribution in [0.15, 0.2) is 0 Å². The zero-order chi connectivity index (χ0) is 10.8. The van der Waals surface area contributed by atoms with Crippen molar-refractivity contribution in [2.24, 2.45) is 11.8 Å². The predicted molar refractivity (Wildman–Crippen MR) is 60.8 cm³/mol. The first-order chi connectivity index (χ1) is 7.26. The molecule has 15 heavy (non-hydrogen) atoms. The summed E-state index contributed by atoms with van der Waals surface area (Å²) in [7, 11) is 2.75. The van der Waals surface area contributed by atoms with Crippen LogP contribution in [0.4, 0.5) is 0 Å². The van der Waals surface area contributed by atoms with E-state index in [2.05, 4.69) is 9.12 Å². The van der Waals surface area contributed by atoms with E-state index < -0.39 is 0 Å². The van der Waals surface area contributed by atoms with Gasteiger partial charge in [0.2, 0.25) is 6.72 Å². The summed E-state index contributed by atoms with van der Waals surface area (Å²) in [5, 5.41) is 0. The summed E-state index contributed by atoms with van der Waals surface area (Å²) < 4.78 is 10.7. The number of fused-ring (bicyclic) bond motifs is 1. The molecule has 6 atom stereocenters. The highest BCUT2D eigenvalue weighted by Gasteiger charge is 2.50. The Morgan fingerprint density at radius 2 is 2.47 bits per heavy atom. The lowest BCUT2D eigenvalue weighted by atomic mass is 9.94. The van der Waals surface area contributed by atoms with E-state index in [4.69, 9.17) is 9.26 Å². The fraction of sp³-hybridized carbons (Fsp3) is 0.750. The lowest BCUT2D eigenvalue weighted by molar-refractivity contribution is -0.141. The van der Waals surface area contributed by atoms with E-state index in [1.54, 1.807) is 0 Å². The largest absolute Gasteiger partial charge is 0.462 e. The maximum atomic E-state index is 11.1. The molecule has 1 heterocycles. The monoisotopic (exact) mass is 245 g/mol.